The average Bonchev–Trinajstić information content (AvgIpc) is 3.05. The molecule has 0 radical (unpaired) electrons. The lowest BCUT2D eigenvalue weighted by molar-refractivity contribution is -0.155. The van der Waals surface area contributed by atoms with Gasteiger partial charge >= 0.3 is 5.97 Å². The third kappa shape index (κ3) is 4.38. The molecule has 0 aliphatic carbocycles. The highest BCUT2D eigenvalue weighted by molar-refractivity contribution is 5.97. The molecule has 26 heavy (non-hydrogen) atoms. The Morgan fingerprint density at radius 3 is 2.65 bits per heavy atom. The van der Waals surface area contributed by atoms with E-state index in [-0.39, 0.29) is 12.5 Å². The lowest BCUT2D eigenvalue weighted by atomic mass is 10.1. The lowest BCUT2D eigenvalue weighted by Gasteiger charge is -2.13. The smallest absolute Gasteiger partial charge is 0.345 e. The molecule has 0 fully saturated rings. The molecule has 7 heteroatoms. The number of esters is 1. The van der Waals surface area contributed by atoms with Gasteiger partial charge in [-0.1, -0.05) is 30.3 Å². The zero-order valence-corrected chi connectivity index (χ0v) is 14.4. The van der Waals surface area contributed by atoms with E-state index in [9.17, 15) is 9.59 Å². The number of carbonyl (C=O) groups excluding carboxylic acids is 2. The second-order valence-corrected chi connectivity index (χ2v) is 5.75. The normalized spacial score (nSPS) is 11.8. The highest BCUT2D eigenvalue weighted by Gasteiger charge is 2.18. The minimum Gasteiger partial charge on any atom is -0.463 e. The number of nitrogens with zero attached hydrogens (tertiary/aromatic N) is 1. The molecule has 134 valence electrons. The van der Waals surface area contributed by atoms with E-state index in [1.165, 1.54) is 6.92 Å². The molecule has 1 N–H and O–H groups in total. The quantitative estimate of drug-likeness (QED) is 0.684. The Bertz CT molecular complexity index is 934. The molecular formula is C19H18N2O5. The van der Waals surface area contributed by atoms with Crippen LogP contribution in [0.3, 0.4) is 0 Å². The molecule has 0 saturated heterocycles. The summed E-state index contributed by atoms with van der Waals surface area (Å²) in [5.74, 6) is -0.345. The molecule has 1 amide bonds. The predicted molar refractivity (Wildman–Crippen MR) is 94.9 cm³/mol. The number of hydrogen-bond donors (Lipinski definition) is 1. The third-order valence-corrected chi connectivity index (χ3v) is 3.64. The van der Waals surface area contributed by atoms with Crippen molar-refractivity contribution in [3.05, 3.63) is 54.3 Å². The molecule has 3 rings (SSSR count). The number of nitrogens with one attached hydrogen (secondary N) is 1. The minimum atomic E-state index is -0.961. The first-order valence-electron chi connectivity index (χ1n) is 8.06. The van der Waals surface area contributed by atoms with Gasteiger partial charge in [-0.2, -0.15) is 0 Å². The van der Waals surface area contributed by atoms with Gasteiger partial charge < -0.3 is 19.3 Å². The van der Waals surface area contributed by atoms with Gasteiger partial charge in [0.2, 0.25) is 0 Å². The van der Waals surface area contributed by atoms with Crippen molar-refractivity contribution < 1.29 is 23.6 Å². The van der Waals surface area contributed by atoms with Gasteiger partial charge in [0.15, 0.2) is 12.7 Å². The molecule has 1 aromatic heterocycles. The minimum absolute atomic E-state index is 0.188. The molecular weight excluding hydrogens is 336 g/mol. The van der Waals surface area contributed by atoms with Gasteiger partial charge in [-0.3, -0.25) is 4.79 Å². The Balaban J connectivity index is 1.52. The first-order valence-corrected chi connectivity index (χ1v) is 8.06. The number of aromatic nitrogens is 1. The summed E-state index contributed by atoms with van der Waals surface area (Å²) in [6.07, 6.45) is -0.961. The number of aryl methyl sites for hydroxylation is 1. The van der Waals surface area contributed by atoms with Crippen molar-refractivity contribution in [1.29, 1.82) is 0 Å². The maximum Gasteiger partial charge on any atom is 0.345 e. The highest BCUT2D eigenvalue weighted by Crippen LogP contribution is 2.19. The fraction of sp³-hybridized carbons (Fsp3) is 0.211. The summed E-state index contributed by atoms with van der Waals surface area (Å²) in [6, 6.07) is 14.9. The number of ether oxygens (including phenoxy) is 2. The van der Waals surface area contributed by atoms with Crippen LogP contribution in [0.5, 0.6) is 5.88 Å². The van der Waals surface area contributed by atoms with Crippen LogP contribution in [-0.4, -0.2) is 29.7 Å². The molecule has 0 unspecified atom stereocenters. The number of rotatable bonds is 6. The number of amides is 1. The average molecular weight is 354 g/mol. The maximum atomic E-state index is 12.2. The van der Waals surface area contributed by atoms with Crippen molar-refractivity contribution in [3.63, 3.8) is 0 Å². The second-order valence-electron chi connectivity index (χ2n) is 5.75. The molecule has 0 aliphatic rings. The molecule has 0 saturated carbocycles. The number of anilines is 1. The van der Waals surface area contributed by atoms with Gasteiger partial charge in [0.1, 0.15) is 5.76 Å². The summed E-state index contributed by atoms with van der Waals surface area (Å²) in [5, 5.41) is 8.41. The number of hydrogen-bond acceptors (Lipinski definition) is 6. The van der Waals surface area contributed by atoms with E-state index in [1.54, 1.807) is 19.1 Å². The first kappa shape index (κ1) is 17.5. The SMILES string of the molecule is Cc1cc(OCC(=O)O[C@H](C)C(=O)Nc2ccc3ccccc3c2)no1. The van der Waals surface area contributed by atoms with E-state index in [0.717, 1.165) is 10.8 Å². The van der Waals surface area contributed by atoms with Gasteiger partial charge in [0.05, 0.1) is 0 Å². The van der Waals surface area contributed by atoms with E-state index in [0.29, 0.717) is 11.4 Å². The fourth-order valence-corrected chi connectivity index (χ4v) is 2.34. The van der Waals surface area contributed by atoms with Crippen molar-refractivity contribution in [1.82, 2.24) is 5.16 Å². The van der Waals surface area contributed by atoms with Crippen LogP contribution in [0, 0.1) is 6.92 Å². The van der Waals surface area contributed by atoms with Gasteiger partial charge in [-0.05, 0) is 41.9 Å². The Morgan fingerprint density at radius 2 is 1.92 bits per heavy atom. The van der Waals surface area contributed by atoms with Crippen LogP contribution in [0.15, 0.2) is 53.1 Å². The van der Waals surface area contributed by atoms with Crippen molar-refractivity contribution in [3.8, 4) is 5.88 Å². The third-order valence-electron chi connectivity index (χ3n) is 3.64. The fourth-order valence-electron chi connectivity index (χ4n) is 2.34. The Kier molecular flexibility index (Phi) is 5.17. The van der Waals surface area contributed by atoms with E-state index >= 15 is 0 Å². The van der Waals surface area contributed by atoms with Gasteiger partial charge in [0.25, 0.3) is 11.8 Å². The molecule has 0 aliphatic heterocycles. The Morgan fingerprint density at radius 1 is 1.15 bits per heavy atom. The van der Waals surface area contributed by atoms with Crippen molar-refractivity contribution in [2.45, 2.75) is 20.0 Å². The Labute approximate surface area is 149 Å². The summed E-state index contributed by atoms with van der Waals surface area (Å²) in [5.41, 5.74) is 0.630. The van der Waals surface area contributed by atoms with E-state index in [4.69, 9.17) is 14.0 Å². The van der Waals surface area contributed by atoms with Crippen LogP contribution in [-0.2, 0) is 14.3 Å². The molecule has 7 nitrogen and oxygen atoms in total. The summed E-state index contributed by atoms with van der Waals surface area (Å²) < 4.78 is 15.0. The topological polar surface area (TPSA) is 90.7 Å². The molecule has 3 aromatic rings. The molecule has 2 aromatic carbocycles. The van der Waals surface area contributed by atoms with Gasteiger partial charge in [0, 0.05) is 11.8 Å². The van der Waals surface area contributed by atoms with E-state index < -0.39 is 18.0 Å². The standard InChI is InChI=1S/C19H18N2O5/c1-12-9-17(21-26-12)24-11-18(22)25-13(2)19(23)20-16-8-7-14-5-3-4-6-15(14)10-16/h3-10,13H,11H2,1-2H3,(H,20,23)/t13-/m1/s1. The van der Waals surface area contributed by atoms with Crippen molar-refractivity contribution >= 4 is 28.3 Å². The van der Waals surface area contributed by atoms with E-state index in [1.807, 2.05) is 36.4 Å². The van der Waals surface area contributed by atoms with Gasteiger partial charge in [-0.15, -0.1) is 0 Å². The van der Waals surface area contributed by atoms with Crippen LogP contribution >= 0.6 is 0 Å². The van der Waals surface area contributed by atoms with Crippen LogP contribution < -0.4 is 10.1 Å². The lowest BCUT2D eigenvalue weighted by Crippen LogP contribution is -2.31. The van der Waals surface area contributed by atoms with Crippen LogP contribution in [0.1, 0.15) is 12.7 Å². The predicted octanol–water partition coefficient (Wildman–Crippen LogP) is 3.09. The van der Waals surface area contributed by atoms with Crippen molar-refractivity contribution in [2.24, 2.45) is 0 Å². The second kappa shape index (κ2) is 7.69. The van der Waals surface area contributed by atoms with Crippen LogP contribution in [0.2, 0.25) is 0 Å². The van der Waals surface area contributed by atoms with Crippen LogP contribution in [0.4, 0.5) is 5.69 Å². The van der Waals surface area contributed by atoms with E-state index in [2.05, 4.69) is 10.5 Å². The number of fused-ring (bicyclic) bond motifs is 1. The maximum absolute atomic E-state index is 12.2. The highest BCUT2D eigenvalue weighted by atomic mass is 16.6. The number of carbonyl (C=O) groups is 2. The molecule has 0 bridgehead atoms. The zero-order chi connectivity index (χ0) is 18.5. The first-order chi connectivity index (χ1) is 12.5. The summed E-state index contributed by atoms with van der Waals surface area (Å²) >= 11 is 0. The van der Waals surface area contributed by atoms with Crippen LogP contribution in [0.25, 0.3) is 10.8 Å². The van der Waals surface area contributed by atoms with Crippen molar-refractivity contribution in [2.75, 3.05) is 11.9 Å². The zero-order valence-electron chi connectivity index (χ0n) is 14.4. The summed E-state index contributed by atoms with van der Waals surface area (Å²) in [4.78, 5) is 24.0. The molecule has 1 atom stereocenters. The Hall–Kier alpha value is -3.35. The van der Waals surface area contributed by atoms with Gasteiger partial charge in [-0.25, -0.2) is 4.79 Å². The monoisotopic (exact) mass is 354 g/mol. The largest absolute Gasteiger partial charge is 0.463 e. The molecule has 1 heterocycles. The summed E-state index contributed by atoms with van der Waals surface area (Å²) in [6.45, 7) is 2.84. The summed E-state index contributed by atoms with van der Waals surface area (Å²) in [7, 11) is 0. The number of benzene rings is 2. The molecule has 0 spiro atoms.